The van der Waals surface area contributed by atoms with Gasteiger partial charge in [-0.25, -0.2) is 0 Å². The SMILES string of the molecule is CNc1ccccc1C(=O)N[C@H]1CC[C@@H](C(=O)NC2(CO)CC=CC2)CN(C)C1. The zero-order chi connectivity index (χ0) is 20.9. The number of likely N-dealkylation sites (N-methyl/N-ethyl adjacent to an activating group) is 1. The number of benzene rings is 1. The molecule has 1 aliphatic heterocycles. The molecule has 3 rings (SSSR count). The van der Waals surface area contributed by atoms with E-state index >= 15 is 0 Å². The molecule has 2 aliphatic rings. The number of amides is 2. The Hall–Kier alpha value is -2.38. The monoisotopic (exact) mass is 400 g/mol. The van der Waals surface area contributed by atoms with Gasteiger partial charge in [-0.1, -0.05) is 24.3 Å². The van der Waals surface area contributed by atoms with Crippen molar-refractivity contribution in [2.75, 3.05) is 39.1 Å². The highest BCUT2D eigenvalue weighted by molar-refractivity contribution is 5.99. The largest absolute Gasteiger partial charge is 0.394 e. The topological polar surface area (TPSA) is 93.7 Å². The normalized spacial score (nSPS) is 24.0. The number of likely N-dealkylation sites (tertiary alicyclic amines) is 1. The van der Waals surface area contributed by atoms with Crippen molar-refractivity contribution in [1.29, 1.82) is 0 Å². The van der Waals surface area contributed by atoms with Crippen LogP contribution < -0.4 is 16.0 Å². The van der Waals surface area contributed by atoms with Gasteiger partial charge in [0, 0.05) is 31.9 Å². The van der Waals surface area contributed by atoms with Crippen molar-refractivity contribution in [3.05, 3.63) is 42.0 Å². The molecule has 0 aromatic heterocycles. The number of aliphatic hydroxyl groups excluding tert-OH is 1. The van der Waals surface area contributed by atoms with E-state index in [0.717, 1.165) is 12.1 Å². The standard InChI is InChI=1S/C22H32N4O3/c1-23-19-8-4-3-7-18(19)21(29)24-17-10-9-16(13-26(2)14-17)20(28)25-22(15-27)11-5-6-12-22/h3-8,16-17,23,27H,9-15H2,1-2H3,(H,24,29)(H,25,28)/t16-,17+/m1/s1. The van der Waals surface area contributed by atoms with E-state index in [9.17, 15) is 14.7 Å². The summed E-state index contributed by atoms with van der Waals surface area (Å²) in [4.78, 5) is 27.7. The number of carbonyl (C=O) groups is 2. The maximum atomic E-state index is 12.9. The van der Waals surface area contributed by atoms with Gasteiger partial charge in [0.25, 0.3) is 5.91 Å². The molecule has 1 fully saturated rings. The average molecular weight is 401 g/mol. The van der Waals surface area contributed by atoms with Crippen LogP contribution in [0.25, 0.3) is 0 Å². The lowest BCUT2D eigenvalue weighted by Gasteiger charge is -2.30. The number of carbonyl (C=O) groups excluding carboxylic acids is 2. The number of para-hydroxylation sites is 1. The molecule has 7 nitrogen and oxygen atoms in total. The molecular weight excluding hydrogens is 368 g/mol. The van der Waals surface area contributed by atoms with E-state index < -0.39 is 5.54 Å². The summed E-state index contributed by atoms with van der Waals surface area (Å²) < 4.78 is 0. The Morgan fingerprint density at radius 3 is 2.59 bits per heavy atom. The summed E-state index contributed by atoms with van der Waals surface area (Å²) in [6.45, 7) is 1.28. The van der Waals surface area contributed by atoms with Crippen molar-refractivity contribution >= 4 is 17.5 Å². The van der Waals surface area contributed by atoms with Crippen LogP contribution in [0.2, 0.25) is 0 Å². The highest BCUT2D eigenvalue weighted by Crippen LogP contribution is 2.25. The van der Waals surface area contributed by atoms with Crippen LogP contribution in [0, 0.1) is 5.92 Å². The first kappa shape index (κ1) is 21.3. The first-order valence-electron chi connectivity index (χ1n) is 10.3. The maximum absolute atomic E-state index is 12.9. The predicted molar refractivity (Wildman–Crippen MR) is 114 cm³/mol. The molecule has 1 aromatic carbocycles. The lowest BCUT2D eigenvalue weighted by atomic mass is 9.94. The molecule has 4 N–H and O–H groups in total. The summed E-state index contributed by atoms with van der Waals surface area (Å²) in [5.74, 6) is -0.273. The van der Waals surface area contributed by atoms with Gasteiger partial charge in [-0.05, 0) is 44.9 Å². The van der Waals surface area contributed by atoms with E-state index in [1.54, 1.807) is 7.05 Å². The third kappa shape index (κ3) is 5.16. The summed E-state index contributed by atoms with van der Waals surface area (Å²) in [5, 5.41) is 19.0. The zero-order valence-corrected chi connectivity index (χ0v) is 17.3. The van der Waals surface area contributed by atoms with Crippen molar-refractivity contribution < 1.29 is 14.7 Å². The van der Waals surface area contributed by atoms with E-state index in [-0.39, 0.29) is 30.4 Å². The first-order valence-corrected chi connectivity index (χ1v) is 10.3. The highest BCUT2D eigenvalue weighted by Gasteiger charge is 2.35. The van der Waals surface area contributed by atoms with Gasteiger partial charge >= 0.3 is 0 Å². The molecule has 2 amide bonds. The molecule has 1 aromatic rings. The van der Waals surface area contributed by atoms with Crippen LogP contribution in [-0.4, -0.2) is 67.2 Å². The second-order valence-corrected chi connectivity index (χ2v) is 8.27. The van der Waals surface area contributed by atoms with Gasteiger partial charge in [0.05, 0.1) is 23.6 Å². The molecule has 7 heteroatoms. The quantitative estimate of drug-likeness (QED) is 0.541. The van der Waals surface area contributed by atoms with Crippen LogP contribution in [0.5, 0.6) is 0 Å². The molecule has 0 spiro atoms. The van der Waals surface area contributed by atoms with E-state index in [0.29, 0.717) is 37.9 Å². The molecule has 1 heterocycles. The Labute approximate surface area is 172 Å². The predicted octanol–water partition coefficient (Wildman–Crippen LogP) is 1.37. The number of aliphatic hydroxyl groups is 1. The fourth-order valence-corrected chi connectivity index (χ4v) is 4.24. The van der Waals surface area contributed by atoms with Crippen molar-refractivity contribution in [2.45, 2.75) is 37.3 Å². The molecule has 0 saturated carbocycles. The van der Waals surface area contributed by atoms with Gasteiger partial charge < -0.3 is 26.0 Å². The van der Waals surface area contributed by atoms with E-state index in [1.165, 1.54) is 0 Å². The van der Waals surface area contributed by atoms with Gasteiger partial charge in [-0.2, -0.15) is 0 Å². The molecular formula is C22H32N4O3. The van der Waals surface area contributed by atoms with Gasteiger partial charge in [-0.3, -0.25) is 9.59 Å². The van der Waals surface area contributed by atoms with Crippen molar-refractivity contribution in [1.82, 2.24) is 15.5 Å². The number of nitrogens with one attached hydrogen (secondary N) is 3. The third-order valence-electron chi connectivity index (χ3n) is 5.95. The lowest BCUT2D eigenvalue weighted by Crippen LogP contribution is -2.52. The minimum atomic E-state index is -0.549. The average Bonchev–Trinajstić information content (AvgIpc) is 3.11. The smallest absolute Gasteiger partial charge is 0.253 e. The van der Waals surface area contributed by atoms with Crippen LogP contribution in [0.1, 0.15) is 36.0 Å². The number of hydrogen-bond acceptors (Lipinski definition) is 5. The molecule has 0 bridgehead atoms. The van der Waals surface area contributed by atoms with Crippen molar-refractivity contribution in [2.24, 2.45) is 5.92 Å². The summed E-state index contributed by atoms with van der Waals surface area (Å²) in [6, 6.07) is 7.41. The fourth-order valence-electron chi connectivity index (χ4n) is 4.24. The van der Waals surface area contributed by atoms with Gasteiger partial charge in [0.1, 0.15) is 0 Å². The van der Waals surface area contributed by atoms with Gasteiger partial charge in [0.15, 0.2) is 0 Å². The zero-order valence-electron chi connectivity index (χ0n) is 17.3. The molecule has 1 aliphatic carbocycles. The number of rotatable bonds is 6. The van der Waals surface area contributed by atoms with Crippen molar-refractivity contribution in [3.63, 3.8) is 0 Å². The first-order chi connectivity index (χ1) is 14.0. The summed E-state index contributed by atoms with van der Waals surface area (Å²) in [5.41, 5.74) is 0.866. The summed E-state index contributed by atoms with van der Waals surface area (Å²) >= 11 is 0. The second-order valence-electron chi connectivity index (χ2n) is 8.27. The molecule has 1 saturated heterocycles. The van der Waals surface area contributed by atoms with Crippen LogP contribution in [0.15, 0.2) is 36.4 Å². The molecule has 0 unspecified atom stereocenters. The Kier molecular flexibility index (Phi) is 6.92. The minimum Gasteiger partial charge on any atom is -0.394 e. The van der Waals surface area contributed by atoms with E-state index in [4.69, 9.17) is 0 Å². The Bertz CT molecular complexity index is 756. The van der Waals surface area contributed by atoms with Crippen LogP contribution >= 0.6 is 0 Å². The molecule has 29 heavy (non-hydrogen) atoms. The van der Waals surface area contributed by atoms with Crippen LogP contribution in [0.3, 0.4) is 0 Å². The van der Waals surface area contributed by atoms with Crippen LogP contribution in [-0.2, 0) is 4.79 Å². The Morgan fingerprint density at radius 1 is 1.17 bits per heavy atom. The van der Waals surface area contributed by atoms with Crippen LogP contribution in [0.4, 0.5) is 5.69 Å². The summed E-state index contributed by atoms with van der Waals surface area (Å²) in [6.07, 6.45) is 6.78. The second kappa shape index (κ2) is 9.41. The Balaban J connectivity index is 1.60. The Morgan fingerprint density at radius 2 is 1.90 bits per heavy atom. The van der Waals surface area contributed by atoms with Crippen molar-refractivity contribution in [3.8, 4) is 0 Å². The molecule has 2 atom stereocenters. The maximum Gasteiger partial charge on any atom is 0.253 e. The van der Waals surface area contributed by atoms with E-state index in [2.05, 4.69) is 20.9 Å². The third-order valence-corrected chi connectivity index (χ3v) is 5.95. The number of hydrogen-bond donors (Lipinski definition) is 4. The molecule has 0 radical (unpaired) electrons. The number of anilines is 1. The summed E-state index contributed by atoms with van der Waals surface area (Å²) in [7, 11) is 3.78. The fraction of sp³-hybridized carbons (Fsp3) is 0.545. The number of nitrogens with zero attached hydrogens (tertiary/aromatic N) is 1. The van der Waals surface area contributed by atoms with E-state index in [1.807, 2.05) is 43.5 Å². The van der Waals surface area contributed by atoms with Gasteiger partial charge in [0.2, 0.25) is 5.91 Å². The lowest BCUT2D eigenvalue weighted by molar-refractivity contribution is -0.128. The minimum absolute atomic E-state index is 0.0119. The van der Waals surface area contributed by atoms with Gasteiger partial charge in [-0.15, -0.1) is 0 Å². The molecule has 158 valence electrons. The highest BCUT2D eigenvalue weighted by atomic mass is 16.3.